The third-order valence-corrected chi connectivity index (χ3v) is 3.48. The van der Waals surface area contributed by atoms with Gasteiger partial charge in [-0.05, 0) is 23.3 Å². The van der Waals surface area contributed by atoms with Gasteiger partial charge in [0.15, 0.2) is 11.6 Å². The molecular weight excluding hydrogens is 241 g/mol. The van der Waals surface area contributed by atoms with E-state index in [1.165, 1.54) is 17.2 Å². The Morgan fingerprint density at radius 2 is 1.89 bits per heavy atom. The number of para-hydroxylation sites is 1. The Morgan fingerprint density at radius 1 is 1.11 bits per heavy atom. The molecule has 1 unspecified atom stereocenters. The van der Waals surface area contributed by atoms with E-state index in [0.717, 1.165) is 13.1 Å². The monoisotopic (exact) mass is 257 g/mol. The van der Waals surface area contributed by atoms with Crippen molar-refractivity contribution >= 4 is 0 Å². The summed E-state index contributed by atoms with van der Waals surface area (Å²) in [4.78, 5) is 0. The Balaban J connectivity index is 1.73. The third kappa shape index (κ3) is 2.61. The van der Waals surface area contributed by atoms with Gasteiger partial charge in [0.05, 0.1) is 6.61 Å². The molecule has 0 saturated carbocycles. The van der Waals surface area contributed by atoms with E-state index < -0.39 is 0 Å². The van der Waals surface area contributed by atoms with Crippen molar-refractivity contribution in [3.05, 3.63) is 65.5 Å². The molecule has 0 amide bonds. The predicted molar refractivity (Wildman–Crippen MR) is 72.8 cm³/mol. The largest absolute Gasteiger partial charge is 0.490 e. The van der Waals surface area contributed by atoms with Crippen molar-refractivity contribution in [3.8, 4) is 5.75 Å². The Morgan fingerprint density at radius 3 is 2.79 bits per heavy atom. The lowest BCUT2D eigenvalue weighted by atomic mass is 9.91. The number of nitrogens with one attached hydrogen (secondary N) is 1. The SMILES string of the molecule is Fc1ccccc1OCC1CNCc2ccccc21. The van der Waals surface area contributed by atoms with Crippen molar-refractivity contribution in [1.29, 1.82) is 0 Å². The van der Waals surface area contributed by atoms with E-state index in [-0.39, 0.29) is 11.7 Å². The molecule has 3 rings (SSSR count). The van der Waals surface area contributed by atoms with E-state index in [0.29, 0.717) is 12.4 Å². The normalized spacial score (nSPS) is 17.8. The minimum Gasteiger partial charge on any atom is -0.490 e. The summed E-state index contributed by atoms with van der Waals surface area (Å²) in [5.41, 5.74) is 2.61. The van der Waals surface area contributed by atoms with Gasteiger partial charge in [-0.1, -0.05) is 36.4 Å². The fraction of sp³-hybridized carbons (Fsp3) is 0.250. The number of halogens is 1. The minimum absolute atomic E-state index is 0.268. The highest BCUT2D eigenvalue weighted by Crippen LogP contribution is 2.25. The quantitative estimate of drug-likeness (QED) is 0.912. The first-order chi connectivity index (χ1) is 9.34. The van der Waals surface area contributed by atoms with Gasteiger partial charge in [0.25, 0.3) is 0 Å². The standard InChI is InChI=1S/C16H16FNO/c17-15-7-3-4-8-16(15)19-11-13-10-18-9-12-5-1-2-6-14(12)13/h1-8,13,18H,9-11H2. The molecule has 2 aromatic carbocycles. The molecule has 1 aliphatic heterocycles. The third-order valence-electron chi connectivity index (χ3n) is 3.48. The molecule has 0 aliphatic carbocycles. The first kappa shape index (κ1) is 12.2. The van der Waals surface area contributed by atoms with Crippen LogP contribution in [0, 0.1) is 5.82 Å². The van der Waals surface area contributed by atoms with Gasteiger partial charge in [0, 0.05) is 19.0 Å². The molecule has 2 aromatic rings. The van der Waals surface area contributed by atoms with Crippen LogP contribution in [0.2, 0.25) is 0 Å². The first-order valence-electron chi connectivity index (χ1n) is 6.50. The molecule has 1 aliphatic rings. The van der Waals surface area contributed by atoms with Gasteiger partial charge in [-0.15, -0.1) is 0 Å². The van der Waals surface area contributed by atoms with E-state index in [1.54, 1.807) is 18.2 Å². The van der Waals surface area contributed by atoms with Gasteiger partial charge in [-0.2, -0.15) is 0 Å². The number of rotatable bonds is 3. The second-order valence-corrected chi connectivity index (χ2v) is 4.77. The number of hydrogen-bond donors (Lipinski definition) is 1. The fourth-order valence-corrected chi connectivity index (χ4v) is 2.49. The smallest absolute Gasteiger partial charge is 0.165 e. The second kappa shape index (κ2) is 5.41. The molecule has 98 valence electrons. The van der Waals surface area contributed by atoms with Crippen LogP contribution in [0.25, 0.3) is 0 Å². The van der Waals surface area contributed by atoms with Crippen molar-refractivity contribution in [2.75, 3.05) is 13.2 Å². The summed E-state index contributed by atoms with van der Waals surface area (Å²) in [7, 11) is 0. The molecule has 19 heavy (non-hydrogen) atoms. The molecule has 0 saturated heterocycles. The van der Waals surface area contributed by atoms with Crippen molar-refractivity contribution in [3.63, 3.8) is 0 Å². The number of ether oxygens (including phenoxy) is 1. The van der Waals surface area contributed by atoms with Crippen LogP contribution in [0.1, 0.15) is 17.0 Å². The molecule has 1 atom stereocenters. The maximum absolute atomic E-state index is 13.5. The highest BCUT2D eigenvalue weighted by molar-refractivity contribution is 5.33. The molecule has 3 heteroatoms. The molecular formula is C16H16FNO. The molecule has 1 heterocycles. The lowest BCUT2D eigenvalue weighted by Crippen LogP contribution is -2.31. The zero-order valence-electron chi connectivity index (χ0n) is 10.6. The van der Waals surface area contributed by atoms with Crippen LogP contribution in [-0.2, 0) is 6.54 Å². The summed E-state index contributed by atoms with van der Waals surface area (Å²) in [6, 6.07) is 14.9. The van der Waals surface area contributed by atoms with Crippen molar-refractivity contribution in [2.24, 2.45) is 0 Å². The number of hydrogen-bond acceptors (Lipinski definition) is 2. The zero-order chi connectivity index (χ0) is 13.1. The van der Waals surface area contributed by atoms with Gasteiger partial charge in [-0.3, -0.25) is 0 Å². The van der Waals surface area contributed by atoms with Gasteiger partial charge in [0.2, 0.25) is 0 Å². The highest BCUT2D eigenvalue weighted by atomic mass is 19.1. The van der Waals surface area contributed by atoms with E-state index in [9.17, 15) is 4.39 Å². The number of benzene rings is 2. The second-order valence-electron chi connectivity index (χ2n) is 4.77. The van der Waals surface area contributed by atoms with E-state index in [1.807, 2.05) is 12.1 Å². The average molecular weight is 257 g/mol. The summed E-state index contributed by atoms with van der Waals surface area (Å²) in [5.74, 6) is 0.287. The van der Waals surface area contributed by atoms with Crippen LogP contribution in [0.5, 0.6) is 5.75 Å². The molecule has 0 bridgehead atoms. The summed E-state index contributed by atoms with van der Waals surface area (Å²) in [5, 5.41) is 3.37. The van der Waals surface area contributed by atoms with Crippen LogP contribution in [0.3, 0.4) is 0 Å². The van der Waals surface area contributed by atoms with Gasteiger partial charge in [-0.25, -0.2) is 4.39 Å². The molecule has 0 aromatic heterocycles. The summed E-state index contributed by atoms with van der Waals surface area (Å²) < 4.78 is 19.1. The maximum atomic E-state index is 13.5. The van der Waals surface area contributed by atoms with Crippen molar-refractivity contribution in [2.45, 2.75) is 12.5 Å². The van der Waals surface area contributed by atoms with Gasteiger partial charge in [0.1, 0.15) is 0 Å². The molecule has 0 radical (unpaired) electrons. The summed E-state index contributed by atoms with van der Waals surface area (Å²) in [6.45, 7) is 2.25. The first-order valence-corrected chi connectivity index (χ1v) is 6.50. The predicted octanol–water partition coefficient (Wildman–Crippen LogP) is 3.09. The molecule has 2 nitrogen and oxygen atoms in total. The Hall–Kier alpha value is -1.87. The Labute approximate surface area is 112 Å². The van der Waals surface area contributed by atoms with Crippen molar-refractivity contribution in [1.82, 2.24) is 5.32 Å². The van der Waals surface area contributed by atoms with E-state index >= 15 is 0 Å². The van der Waals surface area contributed by atoms with E-state index in [2.05, 4.69) is 17.4 Å². The Kier molecular flexibility index (Phi) is 3.47. The molecule has 0 fully saturated rings. The van der Waals surface area contributed by atoms with Crippen molar-refractivity contribution < 1.29 is 9.13 Å². The molecule has 0 spiro atoms. The lowest BCUT2D eigenvalue weighted by molar-refractivity contribution is 0.266. The molecule has 1 N–H and O–H groups in total. The summed E-state index contributed by atoms with van der Waals surface area (Å²) in [6.07, 6.45) is 0. The minimum atomic E-state index is -0.306. The van der Waals surface area contributed by atoms with Crippen LogP contribution < -0.4 is 10.1 Å². The van der Waals surface area contributed by atoms with Crippen LogP contribution in [0.4, 0.5) is 4.39 Å². The van der Waals surface area contributed by atoms with Gasteiger partial charge >= 0.3 is 0 Å². The van der Waals surface area contributed by atoms with Crippen LogP contribution >= 0.6 is 0 Å². The van der Waals surface area contributed by atoms with Crippen LogP contribution in [-0.4, -0.2) is 13.2 Å². The summed E-state index contributed by atoms with van der Waals surface area (Å²) >= 11 is 0. The topological polar surface area (TPSA) is 21.3 Å². The maximum Gasteiger partial charge on any atom is 0.165 e. The number of fused-ring (bicyclic) bond motifs is 1. The Bertz CT molecular complexity index is 570. The lowest BCUT2D eigenvalue weighted by Gasteiger charge is -2.26. The zero-order valence-corrected chi connectivity index (χ0v) is 10.6. The van der Waals surface area contributed by atoms with Crippen LogP contribution in [0.15, 0.2) is 48.5 Å². The highest BCUT2D eigenvalue weighted by Gasteiger charge is 2.20. The van der Waals surface area contributed by atoms with Gasteiger partial charge < -0.3 is 10.1 Å². The fourth-order valence-electron chi connectivity index (χ4n) is 2.49. The van der Waals surface area contributed by atoms with E-state index in [4.69, 9.17) is 4.74 Å². The average Bonchev–Trinajstić information content (AvgIpc) is 2.46.